The summed E-state index contributed by atoms with van der Waals surface area (Å²) >= 11 is 0. The van der Waals surface area contributed by atoms with E-state index in [1.807, 2.05) is 0 Å². The summed E-state index contributed by atoms with van der Waals surface area (Å²) < 4.78 is 9.98. The lowest BCUT2D eigenvalue weighted by Crippen LogP contribution is -2.46. The van der Waals surface area contributed by atoms with Crippen molar-refractivity contribution in [1.82, 2.24) is 4.90 Å². The first kappa shape index (κ1) is 16.4. The molecule has 0 fully saturated rings. The number of nitrogens with two attached hydrogens (primary N) is 1. The molecule has 0 aromatic heterocycles. The molecule has 1 amide bonds. The minimum atomic E-state index is -0.399. The largest absolute Gasteiger partial charge is 0.383 e. The number of rotatable bonds is 10. The summed E-state index contributed by atoms with van der Waals surface area (Å²) in [6.45, 7) is 4.27. The maximum absolute atomic E-state index is 12.1. The normalized spacial score (nSPS) is 12.5. The summed E-state index contributed by atoms with van der Waals surface area (Å²) in [5.41, 5.74) is 5.87. The fourth-order valence-corrected chi connectivity index (χ4v) is 1.52. The summed E-state index contributed by atoms with van der Waals surface area (Å²) in [5, 5.41) is 0. The first-order chi connectivity index (χ1) is 8.17. The Bertz CT molecular complexity index is 192. The average Bonchev–Trinajstić information content (AvgIpc) is 2.35. The van der Waals surface area contributed by atoms with Gasteiger partial charge in [0.05, 0.1) is 19.3 Å². The topological polar surface area (TPSA) is 64.8 Å². The number of nitrogens with zero attached hydrogens (tertiary/aromatic N) is 1. The molecule has 1 unspecified atom stereocenters. The molecule has 0 spiro atoms. The number of hydrogen-bond donors (Lipinski definition) is 1. The zero-order valence-electron chi connectivity index (χ0n) is 11.3. The van der Waals surface area contributed by atoms with Crippen LogP contribution in [0.15, 0.2) is 0 Å². The molecule has 102 valence electrons. The number of ether oxygens (including phenoxy) is 2. The van der Waals surface area contributed by atoms with Crippen molar-refractivity contribution in [3.8, 4) is 0 Å². The van der Waals surface area contributed by atoms with Gasteiger partial charge in [0.2, 0.25) is 5.91 Å². The van der Waals surface area contributed by atoms with Gasteiger partial charge in [0.15, 0.2) is 0 Å². The predicted molar refractivity (Wildman–Crippen MR) is 67.8 cm³/mol. The number of amides is 1. The minimum Gasteiger partial charge on any atom is -0.383 e. The zero-order valence-corrected chi connectivity index (χ0v) is 11.3. The van der Waals surface area contributed by atoms with Crippen LogP contribution in [0.4, 0.5) is 0 Å². The van der Waals surface area contributed by atoms with Crippen LogP contribution in [-0.2, 0) is 14.3 Å². The van der Waals surface area contributed by atoms with E-state index in [0.29, 0.717) is 26.3 Å². The van der Waals surface area contributed by atoms with Crippen molar-refractivity contribution in [2.45, 2.75) is 32.2 Å². The Kier molecular flexibility index (Phi) is 10.1. The standard InChI is InChI=1S/C12H26N2O3/c1-4-5-6-11(13)12(15)14(7-9-16-2)8-10-17-3/h11H,4-10,13H2,1-3H3. The van der Waals surface area contributed by atoms with Gasteiger partial charge >= 0.3 is 0 Å². The van der Waals surface area contributed by atoms with Crippen LogP contribution >= 0.6 is 0 Å². The third kappa shape index (κ3) is 7.31. The van der Waals surface area contributed by atoms with Gasteiger partial charge in [0.1, 0.15) is 0 Å². The Morgan fingerprint density at radius 1 is 1.24 bits per heavy atom. The fourth-order valence-electron chi connectivity index (χ4n) is 1.52. The smallest absolute Gasteiger partial charge is 0.239 e. The Morgan fingerprint density at radius 2 is 1.76 bits per heavy atom. The predicted octanol–water partition coefficient (Wildman–Crippen LogP) is 0.625. The molecule has 0 rings (SSSR count). The van der Waals surface area contributed by atoms with Gasteiger partial charge in [-0.3, -0.25) is 4.79 Å². The SMILES string of the molecule is CCCCC(N)C(=O)N(CCOC)CCOC. The molecule has 0 aromatic rings. The van der Waals surface area contributed by atoms with Crippen LogP contribution in [0.3, 0.4) is 0 Å². The molecule has 0 heterocycles. The molecule has 1 atom stereocenters. The molecule has 5 nitrogen and oxygen atoms in total. The molecule has 0 saturated carbocycles. The van der Waals surface area contributed by atoms with Gasteiger partial charge in [0.25, 0.3) is 0 Å². The first-order valence-electron chi connectivity index (χ1n) is 6.19. The van der Waals surface area contributed by atoms with Crippen LogP contribution < -0.4 is 5.73 Å². The highest BCUT2D eigenvalue weighted by molar-refractivity contribution is 5.81. The van der Waals surface area contributed by atoms with Gasteiger partial charge in [-0.2, -0.15) is 0 Å². The second kappa shape index (κ2) is 10.5. The van der Waals surface area contributed by atoms with Crippen molar-refractivity contribution in [1.29, 1.82) is 0 Å². The molecule has 0 aromatic carbocycles. The molecule has 0 aliphatic carbocycles. The van der Waals surface area contributed by atoms with E-state index in [2.05, 4.69) is 6.92 Å². The molecule has 0 aliphatic heterocycles. The Morgan fingerprint density at radius 3 is 2.18 bits per heavy atom. The van der Waals surface area contributed by atoms with E-state index >= 15 is 0 Å². The maximum atomic E-state index is 12.1. The van der Waals surface area contributed by atoms with E-state index in [1.165, 1.54) is 0 Å². The van der Waals surface area contributed by atoms with E-state index in [9.17, 15) is 4.79 Å². The molecular weight excluding hydrogens is 220 g/mol. The molecule has 17 heavy (non-hydrogen) atoms. The van der Waals surface area contributed by atoms with Crippen LogP contribution in [0, 0.1) is 0 Å². The monoisotopic (exact) mass is 246 g/mol. The minimum absolute atomic E-state index is 0.00690. The third-order valence-corrected chi connectivity index (χ3v) is 2.63. The molecule has 0 saturated heterocycles. The molecule has 0 bridgehead atoms. The van der Waals surface area contributed by atoms with E-state index in [0.717, 1.165) is 19.3 Å². The van der Waals surface area contributed by atoms with Crippen molar-refractivity contribution in [2.75, 3.05) is 40.5 Å². The molecular formula is C12H26N2O3. The summed E-state index contributed by atoms with van der Waals surface area (Å²) in [4.78, 5) is 13.8. The van der Waals surface area contributed by atoms with E-state index in [4.69, 9.17) is 15.2 Å². The summed E-state index contributed by atoms with van der Waals surface area (Å²) in [7, 11) is 3.24. The first-order valence-corrected chi connectivity index (χ1v) is 6.19. The highest BCUT2D eigenvalue weighted by Crippen LogP contribution is 2.03. The van der Waals surface area contributed by atoms with Crippen LogP contribution in [0.2, 0.25) is 0 Å². The van der Waals surface area contributed by atoms with Crippen LogP contribution in [-0.4, -0.2) is 57.4 Å². The number of hydrogen-bond acceptors (Lipinski definition) is 4. The van der Waals surface area contributed by atoms with Gasteiger partial charge in [-0.1, -0.05) is 19.8 Å². The second-order valence-electron chi connectivity index (χ2n) is 4.06. The average molecular weight is 246 g/mol. The highest BCUT2D eigenvalue weighted by atomic mass is 16.5. The van der Waals surface area contributed by atoms with Crippen LogP contribution in [0.5, 0.6) is 0 Å². The Hall–Kier alpha value is -0.650. The van der Waals surface area contributed by atoms with Crippen LogP contribution in [0.1, 0.15) is 26.2 Å². The number of carbonyl (C=O) groups excluding carboxylic acids is 1. The summed E-state index contributed by atoms with van der Waals surface area (Å²) in [5.74, 6) is -0.00690. The molecule has 5 heteroatoms. The summed E-state index contributed by atoms with van der Waals surface area (Å²) in [6.07, 6.45) is 2.78. The van der Waals surface area contributed by atoms with E-state index < -0.39 is 6.04 Å². The second-order valence-corrected chi connectivity index (χ2v) is 4.06. The van der Waals surface area contributed by atoms with Crippen molar-refractivity contribution in [2.24, 2.45) is 5.73 Å². The van der Waals surface area contributed by atoms with Gasteiger partial charge in [0, 0.05) is 27.3 Å². The van der Waals surface area contributed by atoms with Crippen molar-refractivity contribution in [3.63, 3.8) is 0 Å². The van der Waals surface area contributed by atoms with E-state index in [1.54, 1.807) is 19.1 Å². The van der Waals surface area contributed by atoms with Crippen molar-refractivity contribution >= 4 is 5.91 Å². The Balaban J connectivity index is 4.18. The summed E-state index contributed by atoms with van der Waals surface area (Å²) in [6, 6.07) is -0.399. The highest BCUT2D eigenvalue weighted by Gasteiger charge is 2.19. The molecule has 2 N–H and O–H groups in total. The van der Waals surface area contributed by atoms with Crippen molar-refractivity contribution < 1.29 is 14.3 Å². The van der Waals surface area contributed by atoms with Gasteiger partial charge in [-0.05, 0) is 6.42 Å². The number of methoxy groups -OCH3 is 2. The lowest BCUT2D eigenvalue weighted by atomic mass is 10.1. The van der Waals surface area contributed by atoms with E-state index in [-0.39, 0.29) is 5.91 Å². The molecule has 0 radical (unpaired) electrons. The third-order valence-electron chi connectivity index (χ3n) is 2.63. The quantitative estimate of drug-likeness (QED) is 0.614. The maximum Gasteiger partial charge on any atom is 0.239 e. The van der Waals surface area contributed by atoms with Crippen molar-refractivity contribution in [3.05, 3.63) is 0 Å². The van der Waals surface area contributed by atoms with Gasteiger partial charge in [-0.25, -0.2) is 0 Å². The van der Waals surface area contributed by atoms with Crippen LogP contribution in [0.25, 0.3) is 0 Å². The van der Waals surface area contributed by atoms with Gasteiger partial charge in [-0.15, -0.1) is 0 Å². The molecule has 0 aliphatic rings. The Labute approximate surface area is 104 Å². The van der Waals surface area contributed by atoms with Gasteiger partial charge < -0.3 is 20.1 Å². The number of carbonyl (C=O) groups is 1. The lowest BCUT2D eigenvalue weighted by Gasteiger charge is -2.25. The fraction of sp³-hybridized carbons (Fsp3) is 0.917. The zero-order chi connectivity index (χ0) is 13.1. The number of unbranched alkanes of at least 4 members (excludes halogenated alkanes) is 1. The lowest BCUT2D eigenvalue weighted by molar-refractivity contribution is -0.134.